The molecule has 7 heteroatoms. The zero-order valence-electron chi connectivity index (χ0n) is 14.8. The predicted octanol–water partition coefficient (Wildman–Crippen LogP) is 3.32. The maximum atomic E-state index is 11.9. The molecule has 136 valence electrons. The highest BCUT2D eigenvalue weighted by Crippen LogP contribution is 2.09. The van der Waals surface area contributed by atoms with Crippen LogP contribution in [-0.2, 0) is 13.1 Å². The molecule has 2 rings (SSSR count). The van der Waals surface area contributed by atoms with Crippen LogP contribution in [0.1, 0.15) is 27.7 Å². The minimum Gasteiger partial charge on any atom is -0.357 e. The van der Waals surface area contributed by atoms with Crippen molar-refractivity contribution < 1.29 is 4.79 Å². The van der Waals surface area contributed by atoms with Crippen LogP contribution in [0.3, 0.4) is 0 Å². The number of hydrogen-bond donors (Lipinski definition) is 2. The van der Waals surface area contributed by atoms with Crippen LogP contribution < -0.4 is 10.6 Å². The van der Waals surface area contributed by atoms with E-state index in [-0.39, 0.29) is 29.9 Å². The SMILES string of the molecule is CCNC(=NCc1ccc(C(=O)N(C)C)cc1)NCc1cccs1.I. The van der Waals surface area contributed by atoms with Crippen LogP contribution >= 0.6 is 35.3 Å². The topological polar surface area (TPSA) is 56.7 Å². The Kier molecular flexibility index (Phi) is 9.51. The number of thiophene rings is 1. The van der Waals surface area contributed by atoms with Crippen molar-refractivity contribution in [3.63, 3.8) is 0 Å². The van der Waals surface area contributed by atoms with Crippen LogP contribution in [-0.4, -0.2) is 37.4 Å². The van der Waals surface area contributed by atoms with Crippen LogP contribution in [0.5, 0.6) is 0 Å². The van der Waals surface area contributed by atoms with Crippen molar-refractivity contribution in [1.82, 2.24) is 15.5 Å². The van der Waals surface area contributed by atoms with Crippen molar-refractivity contribution in [3.8, 4) is 0 Å². The van der Waals surface area contributed by atoms with Crippen LogP contribution in [0.2, 0.25) is 0 Å². The number of carbonyl (C=O) groups is 1. The Labute approximate surface area is 170 Å². The zero-order chi connectivity index (χ0) is 17.4. The predicted molar refractivity (Wildman–Crippen MR) is 116 cm³/mol. The first-order chi connectivity index (χ1) is 11.6. The summed E-state index contributed by atoms with van der Waals surface area (Å²) in [5.41, 5.74) is 1.76. The third-order valence-corrected chi connectivity index (χ3v) is 4.26. The molecule has 1 aromatic heterocycles. The van der Waals surface area contributed by atoms with E-state index in [1.54, 1.807) is 30.3 Å². The number of hydrogen-bond acceptors (Lipinski definition) is 3. The van der Waals surface area contributed by atoms with Gasteiger partial charge >= 0.3 is 0 Å². The maximum absolute atomic E-state index is 11.9. The summed E-state index contributed by atoms with van der Waals surface area (Å²) in [7, 11) is 3.50. The summed E-state index contributed by atoms with van der Waals surface area (Å²) in [6.07, 6.45) is 0. The van der Waals surface area contributed by atoms with Gasteiger partial charge in [-0.05, 0) is 36.1 Å². The molecular weight excluding hydrogens is 447 g/mol. The van der Waals surface area contributed by atoms with Crippen LogP contribution in [0.4, 0.5) is 0 Å². The number of guanidine groups is 1. The molecule has 1 heterocycles. The molecule has 0 spiro atoms. The molecular formula is C18H25IN4OS. The van der Waals surface area contributed by atoms with Gasteiger partial charge in [-0.1, -0.05) is 18.2 Å². The lowest BCUT2D eigenvalue weighted by atomic mass is 10.1. The van der Waals surface area contributed by atoms with Crippen molar-refractivity contribution in [2.45, 2.75) is 20.0 Å². The molecule has 0 aliphatic rings. The van der Waals surface area contributed by atoms with Gasteiger partial charge < -0.3 is 15.5 Å². The van der Waals surface area contributed by atoms with E-state index in [9.17, 15) is 4.79 Å². The van der Waals surface area contributed by atoms with Crippen molar-refractivity contribution in [2.75, 3.05) is 20.6 Å². The van der Waals surface area contributed by atoms with Gasteiger partial charge in [-0.25, -0.2) is 4.99 Å². The summed E-state index contributed by atoms with van der Waals surface area (Å²) in [5.74, 6) is 0.801. The molecule has 1 amide bonds. The van der Waals surface area contributed by atoms with E-state index in [4.69, 9.17) is 0 Å². The summed E-state index contributed by atoms with van der Waals surface area (Å²) in [6.45, 7) is 4.19. The first-order valence-corrected chi connectivity index (χ1v) is 8.83. The van der Waals surface area contributed by atoms with Gasteiger partial charge in [0.25, 0.3) is 5.91 Å². The van der Waals surface area contributed by atoms with Gasteiger partial charge in [-0.15, -0.1) is 35.3 Å². The largest absolute Gasteiger partial charge is 0.357 e. The number of halogens is 1. The molecule has 0 saturated heterocycles. The minimum absolute atomic E-state index is 0. The second-order valence-electron chi connectivity index (χ2n) is 5.52. The molecule has 1 aromatic carbocycles. The highest BCUT2D eigenvalue weighted by atomic mass is 127. The third kappa shape index (κ3) is 7.03. The number of benzene rings is 1. The lowest BCUT2D eigenvalue weighted by Gasteiger charge is -2.11. The lowest BCUT2D eigenvalue weighted by molar-refractivity contribution is 0.0827. The van der Waals surface area contributed by atoms with Gasteiger partial charge in [-0.3, -0.25) is 4.79 Å². The number of nitrogens with one attached hydrogen (secondary N) is 2. The summed E-state index contributed by atoms with van der Waals surface area (Å²) in [5, 5.41) is 8.64. The average Bonchev–Trinajstić information content (AvgIpc) is 3.10. The summed E-state index contributed by atoms with van der Waals surface area (Å²) in [4.78, 5) is 19.3. The van der Waals surface area contributed by atoms with Crippen LogP contribution in [0, 0.1) is 0 Å². The molecule has 0 unspecified atom stereocenters. The van der Waals surface area contributed by atoms with Gasteiger partial charge in [0.15, 0.2) is 5.96 Å². The Morgan fingerprint density at radius 3 is 2.44 bits per heavy atom. The second kappa shape index (κ2) is 11.1. The van der Waals surface area contributed by atoms with E-state index in [0.29, 0.717) is 12.1 Å². The number of carbonyl (C=O) groups excluding carboxylic acids is 1. The molecule has 0 aliphatic carbocycles. The van der Waals surface area contributed by atoms with E-state index in [1.165, 1.54) is 4.88 Å². The van der Waals surface area contributed by atoms with Gasteiger partial charge in [0, 0.05) is 31.1 Å². The Morgan fingerprint density at radius 1 is 1.16 bits per heavy atom. The Balaban J connectivity index is 0.00000312. The van der Waals surface area contributed by atoms with Crippen molar-refractivity contribution >= 4 is 47.2 Å². The number of amides is 1. The first kappa shape index (κ1) is 21.4. The smallest absolute Gasteiger partial charge is 0.253 e. The number of aliphatic imine (C=N–C) groups is 1. The molecule has 0 saturated carbocycles. The highest BCUT2D eigenvalue weighted by molar-refractivity contribution is 14.0. The van der Waals surface area contributed by atoms with Gasteiger partial charge in [-0.2, -0.15) is 0 Å². The fraction of sp³-hybridized carbons (Fsp3) is 0.333. The number of nitrogens with zero attached hydrogens (tertiary/aromatic N) is 2. The molecule has 0 atom stereocenters. The molecule has 0 radical (unpaired) electrons. The number of rotatable bonds is 6. The standard InChI is InChI=1S/C18H24N4OS.HI/c1-4-19-18(21-13-16-6-5-11-24-16)20-12-14-7-9-15(10-8-14)17(23)22(2)3;/h5-11H,4,12-13H2,1-3H3,(H2,19,20,21);1H. The highest BCUT2D eigenvalue weighted by Gasteiger charge is 2.07. The van der Waals surface area contributed by atoms with E-state index in [2.05, 4.69) is 27.1 Å². The quantitative estimate of drug-likeness (QED) is 0.386. The van der Waals surface area contributed by atoms with Crippen molar-refractivity contribution in [2.24, 2.45) is 4.99 Å². The molecule has 2 N–H and O–H groups in total. The summed E-state index contributed by atoms with van der Waals surface area (Å²) >= 11 is 1.72. The van der Waals surface area contributed by atoms with Gasteiger partial charge in [0.05, 0.1) is 13.1 Å². The fourth-order valence-electron chi connectivity index (χ4n) is 2.11. The third-order valence-electron chi connectivity index (χ3n) is 3.38. The first-order valence-electron chi connectivity index (χ1n) is 7.95. The Morgan fingerprint density at radius 2 is 1.88 bits per heavy atom. The molecule has 2 aromatic rings. The average molecular weight is 472 g/mol. The molecule has 0 aliphatic heterocycles. The second-order valence-corrected chi connectivity index (χ2v) is 6.56. The maximum Gasteiger partial charge on any atom is 0.253 e. The molecule has 0 bridgehead atoms. The molecule has 0 fully saturated rings. The summed E-state index contributed by atoms with van der Waals surface area (Å²) < 4.78 is 0. The van der Waals surface area contributed by atoms with Crippen molar-refractivity contribution in [1.29, 1.82) is 0 Å². The van der Waals surface area contributed by atoms with E-state index >= 15 is 0 Å². The van der Waals surface area contributed by atoms with Crippen LogP contribution in [0.15, 0.2) is 46.8 Å². The van der Waals surface area contributed by atoms with Crippen LogP contribution in [0.25, 0.3) is 0 Å². The van der Waals surface area contributed by atoms with E-state index in [0.717, 1.165) is 24.6 Å². The van der Waals surface area contributed by atoms with Gasteiger partial charge in [0.2, 0.25) is 0 Å². The lowest BCUT2D eigenvalue weighted by Crippen LogP contribution is -2.36. The van der Waals surface area contributed by atoms with E-state index in [1.807, 2.05) is 37.3 Å². The molecule has 5 nitrogen and oxygen atoms in total. The Hall–Kier alpha value is -1.61. The Bertz CT molecular complexity index is 669. The summed E-state index contributed by atoms with van der Waals surface area (Å²) in [6, 6.07) is 11.7. The monoisotopic (exact) mass is 472 g/mol. The van der Waals surface area contributed by atoms with E-state index < -0.39 is 0 Å². The molecule has 25 heavy (non-hydrogen) atoms. The van der Waals surface area contributed by atoms with Crippen molar-refractivity contribution in [3.05, 3.63) is 57.8 Å². The zero-order valence-corrected chi connectivity index (χ0v) is 17.9. The fourth-order valence-corrected chi connectivity index (χ4v) is 2.75. The van der Waals surface area contributed by atoms with Gasteiger partial charge in [0.1, 0.15) is 0 Å². The minimum atomic E-state index is 0. The normalized spacial score (nSPS) is 10.8.